The Balaban J connectivity index is 1.50. The fourth-order valence-corrected chi connectivity index (χ4v) is 4.79. The molecule has 0 aromatic heterocycles. The number of amides is 3. The Bertz CT molecular complexity index is 1000. The van der Waals surface area contributed by atoms with Crippen molar-refractivity contribution in [1.29, 1.82) is 0 Å². The van der Waals surface area contributed by atoms with Crippen molar-refractivity contribution in [2.45, 2.75) is 31.7 Å². The molecule has 5 rings (SSSR count). The molecule has 1 fully saturated rings. The standard InChI is InChI=1S/C23H23N3O3/c27-21(24-13-5-8-16-7-1-3-10-18(16)24)15-26-19-11-4-2-9-17(19)22(28)25-14-6-12-20(25)23(26)29/h1-4,7,9-11,20H,5-6,8,12-15H2/t20-/m0/s1. The largest absolute Gasteiger partial charge is 0.327 e. The molecule has 2 aromatic rings. The number of nitrogens with zero attached hydrogens (tertiary/aromatic N) is 3. The molecule has 2 aromatic carbocycles. The second-order valence-corrected chi connectivity index (χ2v) is 7.88. The van der Waals surface area contributed by atoms with E-state index in [1.807, 2.05) is 24.3 Å². The van der Waals surface area contributed by atoms with E-state index in [2.05, 4.69) is 6.07 Å². The van der Waals surface area contributed by atoms with Crippen LogP contribution in [0.5, 0.6) is 0 Å². The molecular weight excluding hydrogens is 366 g/mol. The summed E-state index contributed by atoms with van der Waals surface area (Å²) in [7, 11) is 0. The van der Waals surface area contributed by atoms with E-state index in [0.717, 1.165) is 30.5 Å². The highest BCUT2D eigenvalue weighted by Gasteiger charge is 2.42. The Morgan fingerprint density at radius 3 is 2.55 bits per heavy atom. The van der Waals surface area contributed by atoms with Crippen LogP contribution >= 0.6 is 0 Å². The van der Waals surface area contributed by atoms with Crippen LogP contribution in [-0.2, 0) is 16.0 Å². The molecule has 3 aliphatic rings. The van der Waals surface area contributed by atoms with Gasteiger partial charge in [-0.1, -0.05) is 30.3 Å². The molecule has 0 bridgehead atoms. The summed E-state index contributed by atoms with van der Waals surface area (Å²) in [5, 5.41) is 0. The summed E-state index contributed by atoms with van der Waals surface area (Å²) in [6.45, 7) is 1.18. The van der Waals surface area contributed by atoms with Gasteiger partial charge in [0.15, 0.2) is 0 Å². The Hall–Kier alpha value is -3.15. The van der Waals surface area contributed by atoms with Crippen molar-refractivity contribution < 1.29 is 14.4 Å². The van der Waals surface area contributed by atoms with Crippen molar-refractivity contribution in [3.05, 3.63) is 59.7 Å². The summed E-state index contributed by atoms with van der Waals surface area (Å²) in [4.78, 5) is 44.7. The van der Waals surface area contributed by atoms with Gasteiger partial charge >= 0.3 is 0 Å². The van der Waals surface area contributed by atoms with E-state index < -0.39 is 6.04 Å². The van der Waals surface area contributed by atoms with Crippen molar-refractivity contribution in [2.24, 2.45) is 0 Å². The lowest BCUT2D eigenvalue weighted by Gasteiger charge is -2.32. The SMILES string of the molecule is O=C(CN1C(=O)[C@@H]2CCCN2C(=O)c2ccccc21)N1CCCc2ccccc21. The maximum Gasteiger partial charge on any atom is 0.256 e. The number of anilines is 2. The number of fused-ring (bicyclic) bond motifs is 3. The zero-order valence-corrected chi connectivity index (χ0v) is 16.2. The Labute approximate surface area is 169 Å². The highest BCUT2D eigenvalue weighted by molar-refractivity contribution is 6.13. The molecule has 6 nitrogen and oxygen atoms in total. The van der Waals surface area contributed by atoms with Crippen LogP contribution in [0.15, 0.2) is 48.5 Å². The lowest BCUT2D eigenvalue weighted by Crippen LogP contribution is -2.49. The van der Waals surface area contributed by atoms with Gasteiger partial charge in [-0.2, -0.15) is 0 Å². The van der Waals surface area contributed by atoms with Gasteiger partial charge in [-0.15, -0.1) is 0 Å². The highest BCUT2D eigenvalue weighted by Crippen LogP contribution is 2.33. The molecule has 148 valence electrons. The number of hydrogen-bond donors (Lipinski definition) is 0. The zero-order chi connectivity index (χ0) is 20.0. The molecule has 3 heterocycles. The van der Waals surface area contributed by atoms with Gasteiger partial charge in [-0.05, 0) is 49.4 Å². The molecular formula is C23H23N3O3. The second kappa shape index (κ2) is 7.03. The lowest BCUT2D eigenvalue weighted by atomic mass is 10.0. The maximum atomic E-state index is 13.4. The van der Waals surface area contributed by atoms with E-state index in [9.17, 15) is 14.4 Å². The first-order valence-electron chi connectivity index (χ1n) is 10.2. The third-order valence-corrected chi connectivity index (χ3v) is 6.19. The molecule has 0 N–H and O–H groups in total. The number of aryl methyl sites for hydroxylation is 1. The van der Waals surface area contributed by atoms with Gasteiger partial charge in [-0.25, -0.2) is 0 Å². The summed E-state index contributed by atoms with van der Waals surface area (Å²) in [5.41, 5.74) is 3.12. The Morgan fingerprint density at radius 2 is 1.69 bits per heavy atom. The predicted octanol–water partition coefficient (Wildman–Crippen LogP) is 2.62. The van der Waals surface area contributed by atoms with Gasteiger partial charge in [0, 0.05) is 18.8 Å². The first kappa shape index (κ1) is 17.9. The normalized spacial score (nSPS) is 20.8. The van der Waals surface area contributed by atoms with E-state index in [-0.39, 0.29) is 24.3 Å². The minimum absolute atomic E-state index is 0.0538. The second-order valence-electron chi connectivity index (χ2n) is 7.88. The fourth-order valence-electron chi connectivity index (χ4n) is 4.79. The summed E-state index contributed by atoms with van der Waals surface area (Å²) in [5.74, 6) is -0.381. The van der Waals surface area contributed by atoms with Crippen molar-refractivity contribution in [1.82, 2.24) is 4.90 Å². The average Bonchev–Trinajstić information content (AvgIpc) is 3.23. The molecule has 3 aliphatic heterocycles. The number of hydrogen-bond acceptors (Lipinski definition) is 3. The van der Waals surface area contributed by atoms with E-state index in [0.29, 0.717) is 30.8 Å². The first-order valence-corrected chi connectivity index (χ1v) is 10.2. The monoisotopic (exact) mass is 389 g/mol. The van der Waals surface area contributed by atoms with Crippen LogP contribution in [-0.4, -0.2) is 48.3 Å². The Kier molecular flexibility index (Phi) is 4.34. The molecule has 1 saturated heterocycles. The van der Waals surface area contributed by atoms with Crippen molar-refractivity contribution in [3.63, 3.8) is 0 Å². The molecule has 3 amide bonds. The quantitative estimate of drug-likeness (QED) is 0.793. The number of rotatable bonds is 2. The van der Waals surface area contributed by atoms with Gasteiger partial charge in [-0.3, -0.25) is 14.4 Å². The van der Waals surface area contributed by atoms with Crippen LogP contribution in [0.2, 0.25) is 0 Å². The number of para-hydroxylation sites is 2. The van der Waals surface area contributed by atoms with Gasteiger partial charge in [0.1, 0.15) is 12.6 Å². The van der Waals surface area contributed by atoms with Crippen LogP contribution in [0.3, 0.4) is 0 Å². The van der Waals surface area contributed by atoms with E-state index in [1.165, 1.54) is 4.90 Å². The molecule has 0 aliphatic carbocycles. The minimum Gasteiger partial charge on any atom is -0.327 e. The van der Waals surface area contributed by atoms with E-state index in [4.69, 9.17) is 0 Å². The number of benzene rings is 2. The molecule has 0 radical (unpaired) electrons. The van der Waals surface area contributed by atoms with Crippen molar-refractivity contribution >= 4 is 29.1 Å². The van der Waals surface area contributed by atoms with Gasteiger partial charge in [0.25, 0.3) is 5.91 Å². The summed E-state index contributed by atoms with van der Waals surface area (Å²) in [6, 6.07) is 14.6. The summed E-state index contributed by atoms with van der Waals surface area (Å²) < 4.78 is 0. The molecule has 0 saturated carbocycles. The lowest BCUT2D eigenvalue weighted by molar-refractivity contribution is -0.124. The van der Waals surface area contributed by atoms with Gasteiger partial charge in [0.05, 0.1) is 11.3 Å². The summed E-state index contributed by atoms with van der Waals surface area (Å²) in [6.07, 6.45) is 3.32. The zero-order valence-electron chi connectivity index (χ0n) is 16.2. The molecule has 0 unspecified atom stereocenters. The van der Waals surface area contributed by atoms with Gasteiger partial charge in [0.2, 0.25) is 11.8 Å². The van der Waals surface area contributed by atoms with Crippen LogP contribution < -0.4 is 9.80 Å². The number of carbonyl (C=O) groups excluding carboxylic acids is 3. The molecule has 0 spiro atoms. The van der Waals surface area contributed by atoms with E-state index >= 15 is 0 Å². The van der Waals surface area contributed by atoms with Crippen molar-refractivity contribution in [3.8, 4) is 0 Å². The number of carbonyl (C=O) groups is 3. The Morgan fingerprint density at radius 1 is 0.931 bits per heavy atom. The third kappa shape index (κ3) is 2.90. The smallest absolute Gasteiger partial charge is 0.256 e. The molecule has 29 heavy (non-hydrogen) atoms. The van der Waals surface area contributed by atoms with Crippen LogP contribution in [0, 0.1) is 0 Å². The average molecular weight is 389 g/mol. The highest BCUT2D eigenvalue weighted by atomic mass is 16.2. The topological polar surface area (TPSA) is 60.9 Å². The predicted molar refractivity (Wildman–Crippen MR) is 110 cm³/mol. The van der Waals surface area contributed by atoms with Crippen LogP contribution in [0.1, 0.15) is 35.2 Å². The summed E-state index contributed by atoms with van der Waals surface area (Å²) >= 11 is 0. The molecule has 6 heteroatoms. The fraction of sp³-hybridized carbons (Fsp3) is 0.348. The maximum absolute atomic E-state index is 13.4. The third-order valence-electron chi connectivity index (χ3n) is 6.19. The van der Waals surface area contributed by atoms with Crippen molar-refractivity contribution in [2.75, 3.05) is 29.4 Å². The first-order chi connectivity index (χ1) is 14.1. The minimum atomic E-state index is -0.476. The van der Waals surface area contributed by atoms with Gasteiger partial charge < -0.3 is 14.7 Å². The van der Waals surface area contributed by atoms with Crippen LogP contribution in [0.25, 0.3) is 0 Å². The van der Waals surface area contributed by atoms with Crippen LogP contribution in [0.4, 0.5) is 11.4 Å². The van der Waals surface area contributed by atoms with E-state index in [1.54, 1.807) is 28.0 Å². The molecule has 1 atom stereocenters.